The number of rotatable bonds is 3. The third kappa shape index (κ3) is 2.91. The van der Waals surface area contributed by atoms with Crippen molar-refractivity contribution in [3.63, 3.8) is 0 Å². The average Bonchev–Trinajstić information content (AvgIpc) is 3.23. The van der Waals surface area contributed by atoms with Gasteiger partial charge in [0.05, 0.1) is 5.52 Å². The summed E-state index contributed by atoms with van der Waals surface area (Å²) in [6.45, 7) is 2.14. The number of aryl methyl sites for hydroxylation is 4. The van der Waals surface area contributed by atoms with Crippen LogP contribution in [0.5, 0.6) is 0 Å². The Kier molecular flexibility index (Phi) is 4.23. The molecule has 5 rings (SSSR count). The summed E-state index contributed by atoms with van der Waals surface area (Å²) in [6, 6.07) is 11.1. The fraction of sp³-hybridized carbons (Fsp3) is 0.348. The summed E-state index contributed by atoms with van der Waals surface area (Å²) in [6.07, 6.45) is 9.10. The summed E-state index contributed by atoms with van der Waals surface area (Å²) >= 11 is 0. The Bertz CT molecular complexity index is 1150. The zero-order valence-electron chi connectivity index (χ0n) is 16.5. The standard InChI is InChI=1S/C23H25N5/c1-3-18-14-20(27-28(18)2)22-25-21-19(11-12-24-23(21)26-22)17-10-9-15-7-5-4-6-8-16(15)13-17/h9-14H,3-8H2,1-2H3,(H,24,25,26). The van der Waals surface area contributed by atoms with E-state index < -0.39 is 0 Å². The van der Waals surface area contributed by atoms with Gasteiger partial charge in [-0.25, -0.2) is 9.97 Å². The van der Waals surface area contributed by atoms with Gasteiger partial charge in [-0.1, -0.05) is 31.5 Å². The molecule has 142 valence electrons. The molecule has 0 unspecified atom stereocenters. The van der Waals surface area contributed by atoms with Gasteiger partial charge >= 0.3 is 0 Å². The van der Waals surface area contributed by atoms with E-state index in [4.69, 9.17) is 4.98 Å². The molecule has 1 N–H and O–H groups in total. The van der Waals surface area contributed by atoms with Gasteiger partial charge in [0.2, 0.25) is 0 Å². The molecule has 0 fully saturated rings. The number of nitrogens with one attached hydrogen (secondary N) is 1. The number of aromatic nitrogens is 5. The van der Waals surface area contributed by atoms with Crippen molar-refractivity contribution >= 4 is 11.2 Å². The summed E-state index contributed by atoms with van der Waals surface area (Å²) in [4.78, 5) is 12.7. The van der Waals surface area contributed by atoms with Gasteiger partial charge < -0.3 is 4.98 Å². The largest absolute Gasteiger partial charge is 0.335 e. The van der Waals surface area contributed by atoms with Crippen molar-refractivity contribution in [1.82, 2.24) is 24.7 Å². The van der Waals surface area contributed by atoms with Gasteiger partial charge in [-0.05, 0) is 60.9 Å². The minimum Gasteiger partial charge on any atom is -0.335 e. The number of hydrogen-bond donors (Lipinski definition) is 1. The molecule has 0 amide bonds. The molecule has 5 heteroatoms. The molecule has 0 atom stereocenters. The number of pyridine rings is 1. The highest BCUT2D eigenvalue weighted by Crippen LogP contribution is 2.31. The minimum absolute atomic E-state index is 0.742. The van der Waals surface area contributed by atoms with Crippen LogP contribution >= 0.6 is 0 Å². The monoisotopic (exact) mass is 371 g/mol. The Balaban J connectivity index is 1.60. The number of hydrogen-bond acceptors (Lipinski definition) is 3. The fourth-order valence-electron chi connectivity index (χ4n) is 4.30. The van der Waals surface area contributed by atoms with Crippen LogP contribution in [0.4, 0.5) is 0 Å². The van der Waals surface area contributed by atoms with Crippen molar-refractivity contribution in [2.24, 2.45) is 7.05 Å². The second-order valence-corrected chi connectivity index (χ2v) is 7.68. The van der Waals surface area contributed by atoms with Crippen molar-refractivity contribution < 1.29 is 0 Å². The summed E-state index contributed by atoms with van der Waals surface area (Å²) in [5.41, 5.74) is 9.18. The minimum atomic E-state index is 0.742. The lowest BCUT2D eigenvalue weighted by Crippen LogP contribution is -1.95. The van der Waals surface area contributed by atoms with Gasteiger partial charge in [-0.15, -0.1) is 0 Å². The predicted molar refractivity (Wildman–Crippen MR) is 112 cm³/mol. The van der Waals surface area contributed by atoms with Gasteiger partial charge in [0, 0.05) is 24.5 Å². The van der Waals surface area contributed by atoms with Crippen molar-refractivity contribution in [3.8, 4) is 22.6 Å². The Morgan fingerprint density at radius 1 is 1.04 bits per heavy atom. The molecule has 0 radical (unpaired) electrons. The van der Waals surface area contributed by atoms with Crippen molar-refractivity contribution in [2.75, 3.05) is 0 Å². The molecular weight excluding hydrogens is 346 g/mol. The van der Waals surface area contributed by atoms with E-state index in [9.17, 15) is 0 Å². The smallest absolute Gasteiger partial charge is 0.178 e. The number of aromatic amines is 1. The third-order valence-corrected chi connectivity index (χ3v) is 5.88. The van der Waals surface area contributed by atoms with E-state index in [0.717, 1.165) is 34.7 Å². The van der Waals surface area contributed by atoms with E-state index in [1.165, 1.54) is 54.5 Å². The van der Waals surface area contributed by atoms with Crippen LogP contribution in [0.1, 0.15) is 43.0 Å². The summed E-state index contributed by atoms with van der Waals surface area (Å²) < 4.78 is 1.92. The average molecular weight is 371 g/mol. The van der Waals surface area contributed by atoms with Crippen LogP contribution < -0.4 is 0 Å². The van der Waals surface area contributed by atoms with Crippen LogP contribution in [0.25, 0.3) is 33.8 Å². The number of nitrogens with zero attached hydrogens (tertiary/aromatic N) is 4. The molecule has 28 heavy (non-hydrogen) atoms. The van der Waals surface area contributed by atoms with E-state index in [2.05, 4.69) is 52.3 Å². The number of H-pyrrole nitrogens is 1. The molecule has 1 aromatic carbocycles. The summed E-state index contributed by atoms with van der Waals surface area (Å²) in [7, 11) is 1.98. The lowest BCUT2D eigenvalue weighted by Gasteiger charge is -2.09. The molecule has 0 spiro atoms. The molecule has 3 aromatic heterocycles. The summed E-state index contributed by atoms with van der Waals surface area (Å²) in [5.74, 6) is 0.778. The molecule has 4 aromatic rings. The first-order chi connectivity index (χ1) is 13.7. The van der Waals surface area contributed by atoms with E-state index >= 15 is 0 Å². The van der Waals surface area contributed by atoms with Gasteiger partial charge in [0.1, 0.15) is 5.69 Å². The predicted octanol–water partition coefficient (Wildman–Crippen LogP) is 4.86. The van der Waals surface area contributed by atoms with Crippen molar-refractivity contribution in [2.45, 2.75) is 45.4 Å². The Hall–Kier alpha value is -2.95. The van der Waals surface area contributed by atoms with E-state index in [1.807, 2.05) is 17.9 Å². The molecule has 0 saturated heterocycles. The topological polar surface area (TPSA) is 59.4 Å². The molecule has 1 aliphatic rings. The van der Waals surface area contributed by atoms with Crippen molar-refractivity contribution in [1.29, 1.82) is 0 Å². The maximum absolute atomic E-state index is 4.72. The Morgan fingerprint density at radius 3 is 2.71 bits per heavy atom. The zero-order chi connectivity index (χ0) is 19.1. The normalized spacial score (nSPS) is 14.2. The quantitative estimate of drug-likeness (QED) is 0.523. The van der Waals surface area contributed by atoms with Crippen molar-refractivity contribution in [3.05, 3.63) is 53.3 Å². The SMILES string of the molecule is CCc1cc(-c2nc3nccc(-c4ccc5c(c4)CCCCC5)c3[nH]2)nn1C. The summed E-state index contributed by atoms with van der Waals surface area (Å²) in [5, 5.41) is 4.61. The fourth-order valence-corrected chi connectivity index (χ4v) is 4.30. The third-order valence-electron chi connectivity index (χ3n) is 5.88. The molecular formula is C23H25N5. The highest BCUT2D eigenvalue weighted by Gasteiger charge is 2.15. The molecule has 0 bridgehead atoms. The molecule has 0 aliphatic heterocycles. The number of imidazole rings is 1. The van der Waals surface area contributed by atoms with Gasteiger partial charge in [0.15, 0.2) is 11.5 Å². The maximum atomic E-state index is 4.72. The van der Waals surface area contributed by atoms with E-state index in [-0.39, 0.29) is 0 Å². The zero-order valence-corrected chi connectivity index (χ0v) is 16.5. The lowest BCUT2D eigenvalue weighted by atomic mass is 9.96. The second kappa shape index (κ2) is 6.89. The Morgan fingerprint density at radius 2 is 1.89 bits per heavy atom. The maximum Gasteiger partial charge on any atom is 0.178 e. The van der Waals surface area contributed by atoms with Crippen LogP contribution in [-0.2, 0) is 26.3 Å². The molecule has 3 heterocycles. The van der Waals surface area contributed by atoms with Crippen LogP contribution in [0.15, 0.2) is 36.5 Å². The first-order valence-electron chi connectivity index (χ1n) is 10.2. The number of benzene rings is 1. The highest BCUT2D eigenvalue weighted by atomic mass is 15.3. The molecule has 5 nitrogen and oxygen atoms in total. The second-order valence-electron chi connectivity index (χ2n) is 7.68. The van der Waals surface area contributed by atoms with Gasteiger partial charge in [0.25, 0.3) is 0 Å². The van der Waals surface area contributed by atoms with Gasteiger partial charge in [-0.2, -0.15) is 5.10 Å². The molecule has 0 saturated carbocycles. The Labute approximate surface area is 164 Å². The number of fused-ring (bicyclic) bond motifs is 2. The van der Waals surface area contributed by atoms with E-state index in [0.29, 0.717) is 0 Å². The first kappa shape index (κ1) is 17.2. The van der Waals surface area contributed by atoms with Crippen LogP contribution in [0.2, 0.25) is 0 Å². The molecule has 1 aliphatic carbocycles. The van der Waals surface area contributed by atoms with E-state index in [1.54, 1.807) is 0 Å². The highest BCUT2D eigenvalue weighted by molar-refractivity contribution is 5.91. The van der Waals surface area contributed by atoms with Crippen LogP contribution in [0, 0.1) is 0 Å². The van der Waals surface area contributed by atoms with Crippen LogP contribution in [-0.4, -0.2) is 24.7 Å². The lowest BCUT2D eigenvalue weighted by molar-refractivity contribution is 0.711. The van der Waals surface area contributed by atoms with Gasteiger partial charge in [-0.3, -0.25) is 4.68 Å². The first-order valence-corrected chi connectivity index (χ1v) is 10.2. The van der Waals surface area contributed by atoms with Crippen LogP contribution in [0.3, 0.4) is 0 Å².